The molecule has 1 saturated heterocycles. The lowest BCUT2D eigenvalue weighted by molar-refractivity contribution is -0.142. The maximum Gasteiger partial charge on any atom is 0.376 e. The van der Waals surface area contributed by atoms with Crippen LogP contribution in [0.5, 0.6) is 0 Å². The number of aliphatic carboxylic acids is 1. The van der Waals surface area contributed by atoms with Gasteiger partial charge in [-0.3, -0.25) is 4.79 Å². The number of hydrogen-bond donors (Lipinski definition) is 1. The van der Waals surface area contributed by atoms with E-state index in [0.717, 1.165) is 0 Å². The molecule has 0 aromatic carbocycles. The van der Waals surface area contributed by atoms with Crippen LogP contribution < -0.4 is 4.90 Å². The van der Waals surface area contributed by atoms with Crippen molar-refractivity contribution < 1.29 is 19.4 Å². The van der Waals surface area contributed by atoms with Gasteiger partial charge in [0.05, 0.1) is 13.0 Å². The van der Waals surface area contributed by atoms with E-state index in [1.165, 1.54) is 7.11 Å². The van der Waals surface area contributed by atoms with E-state index < -0.39 is 11.9 Å². The number of aryl methyl sites for hydroxylation is 1. The molecule has 1 aromatic rings. The maximum atomic E-state index is 11.4. The van der Waals surface area contributed by atoms with Crippen LogP contribution in [0.4, 0.5) is 5.82 Å². The van der Waals surface area contributed by atoms with E-state index in [9.17, 15) is 9.59 Å². The van der Waals surface area contributed by atoms with E-state index in [0.29, 0.717) is 24.6 Å². The zero-order valence-electron chi connectivity index (χ0n) is 10.1. The van der Waals surface area contributed by atoms with E-state index in [-0.39, 0.29) is 11.7 Å². The van der Waals surface area contributed by atoms with Crippen LogP contribution in [-0.4, -0.2) is 47.2 Å². The van der Waals surface area contributed by atoms with Crippen molar-refractivity contribution in [3.63, 3.8) is 0 Å². The van der Waals surface area contributed by atoms with E-state index in [1.807, 2.05) is 0 Å². The summed E-state index contributed by atoms with van der Waals surface area (Å²) in [6.07, 6.45) is 0. The van der Waals surface area contributed by atoms with E-state index in [4.69, 9.17) is 5.11 Å². The number of methoxy groups -OCH3 is 1. The highest BCUT2D eigenvalue weighted by atomic mass is 16.5. The predicted octanol–water partition coefficient (Wildman–Crippen LogP) is 0.0924. The molecule has 1 aliphatic rings. The van der Waals surface area contributed by atoms with Crippen LogP contribution in [0.3, 0.4) is 0 Å². The summed E-state index contributed by atoms with van der Waals surface area (Å²) in [5, 5.41) is 8.80. The minimum atomic E-state index is -0.815. The quantitative estimate of drug-likeness (QED) is 0.761. The first-order valence-corrected chi connectivity index (χ1v) is 5.43. The molecule has 2 rings (SSSR count). The number of esters is 1. The van der Waals surface area contributed by atoms with Gasteiger partial charge in [0.25, 0.3) is 0 Å². The molecular weight excluding hydrogens is 238 g/mol. The molecule has 0 spiro atoms. The summed E-state index contributed by atoms with van der Waals surface area (Å²) in [5.41, 5.74) is 0.638. The molecule has 0 unspecified atom stereocenters. The number of carbonyl (C=O) groups is 2. The largest absolute Gasteiger partial charge is 0.481 e. The Bertz CT molecular complexity index is 497. The third kappa shape index (κ3) is 2.24. The van der Waals surface area contributed by atoms with Crippen molar-refractivity contribution in [2.24, 2.45) is 5.92 Å². The fourth-order valence-corrected chi connectivity index (χ4v) is 1.72. The highest BCUT2D eigenvalue weighted by Gasteiger charge is 2.33. The van der Waals surface area contributed by atoms with Crippen molar-refractivity contribution in [3.05, 3.63) is 17.6 Å². The van der Waals surface area contributed by atoms with Gasteiger partial charge in [0, 0.05) is 24.8 Å². The summed E-state index contributed by atoms with van der Waals surface area (Å²) in [4.78, 5) is 31.9. The molecular formula is C11H13N3O4. The highest BCUT2D eigenvalue weighted by molar-refractivity contribution is 5.85. The summed E-state index contributed by atoms with van der Waals surface area (Å²) in [5.74, 6) is -1.24. The second-order valence-electron chi connectivity index (χ2n) is 4.12. The first kappa shape index (κ1) is 12.3. The number of hydrogen-bond acceptors (Lipinski definition) is 6. The molecule has 2 heterocycles. The predicted molar refractivity (Wildman–Crippen MR) is 61.4 cm³/mol. The minimum absolute atomic E-state index is 0.00808. The molecule has 7 nitrogen and oxygen atoms in total. The Morgan fingerprint density at radius 2 is 2.11 bits per heavy atom. The van der Waals surface area contributed by atoms with Crippen LogP contribution in [0, 0.1) is 12.8 Å². The number of ether oxygens (including phenoxy) is 1. The standard InChI is InChI=1S/C11H13N3O4/c1-6-3-8(13-9(12-6)11(17)18-2)14-4-7(5-14)10(15)16/h3,7H,4-5H2,1-2H3,(H,15,16). The van der Waals surface area contributed by atoms with E-state index in [2.05, 4.69) is 14.7 Å². The highest BCUT2D eigenvalue weighted by Crippen LogP contribution is 2.23. The molecule has 0 amide bonds. The molecule has 1 aliphatic heterocycles. The van der Waals surface area contributed by atoms with Gasteiger partial charge in [-0.2, -0.15) is 0 Å². The number of carboxylic acid groups (broad SMARTS) is 1. The van der Waals surface area contributed by atoms with Crippen LogP contribution >= 0.6 is 0 Å². The number of carboxylic acids is 1. The molecule has 0 bridgehead atoms. The van der Waals surface area contributed by atoms with Crippen LogP contribution in [0.1, 0.15) is 16.3 Å². The van der Waals surface area contributed by atoms with E-state index in [1.54, 1.807) is 17.9 Å². The van der Waals surface area contributed by atoms with Gasteiger partial charge in [-0.05, 0) is 6.92 Å². The van der Waals surface area contributed by atoms with Gasteiger partial charge < -0.3 is 14.7 Å². The van der Waals surface area contributed by atoms with Gasteiger partial charge in [-0.15, -0.1) is 0 Å². The van der Waals surface area contributed by atoms with Gasteiger partial charge in [0.15, 0.2) is 0 Å². The monoisotopic (exact) mass is 251 g/mol. The van der Waals surface area contributed by atoms with Crippen LogP contribution in [0.2, 0.25) is 0 Å². The van der Waals surface area contributed by atoms with Gasteiger partial charge in [-0.25, -0.2) is 14.8 Å². The van der Waals surface area contributed by atoms with Crippen LogP contribution in [-0.2, 0) is 9.53 Å². The fraction of sp³-hybridized carbons (Fsp3) is 0.455. The average molecular weight is 251 g/mol. The lowest BCUT2D eigenvalue weighted by Gasteiger charge is -2.37. The number of nitrogens with zero attached hydrogens (tertiary/aromatic N) is 3. The lowest BCUT2D eigenvalue weighted by atomic mass is 10.0. The third-order valence-corrected chi connectivity index (χ3v) is 2.76. The second-order valence-corrected chi connectivity index (χ2v) is 4.12. The van der Waals surface area contributed by atoms with Crippen molar-refractivity contribution in [1.82, 2.24) is 9.97 Å². The number of aromatic nitrogens is 2. The molecule has 7 heteroatoms. The van der Waals surface area contributed by atoms with Crippen molar-refractivity contribution in [2.75, 3.05) is 25.1 Å². The third-order valence-electron chi connectivity index (χ3n) is 2.76. The summed E-state index contributed by atoms with van der Waals surface area (Å²) in [6.45, 7) is 2.53. The average Bonchev–Trinajstić information content (AvgIpc) is 2.24. The summed E-state index contributed by atoms with van der Waals surface area (Å²) >= 11 is 0. The Morgan fingerprint density at radius 3 is 2.67 bits per heavy atom. The van der Waals surface area contributed by atoms with Gasteiger partial charge in [-0.1, -0.05) is 0 Å². The molecule has 0 aliphatic carbocycles. The summed E-state index contributed by atoms with van der Waals surface area (Å²) in [7, 11) is 1.26. The first-order chi connectivity index (χ1) is 8.51. The summed E-state index contributed by atoms with van der Waals surface area (Å²) in [6, 6.07) is 1.71. The Labute approximate surface area is 103 Å². The molecule has 0 radical (unpaired) electrons. The van der Waals surface area contributed by atoms with Crippen molar-refractivity contribution in [1.29, 1.82) is 0 Å². The normalized spacial score (nSPS) is 15.1. The molecule has 1 N–H and O–H groups in total. The van der Waals surface area contributed by atoms with Crippen molar-refractivity contribution in [3.8, 4) is 0 Å². The summed E-state index contributed by atoms with van der Waals surface area (Å²) < 4.78 is 4.56. The van der Waals surface area contributed by atoms with E-state index >= 15 is 0 Å². The Morgan fingerprint density at radius 1 is 1.44 bits per heavy atom. The topological polar surface area (TPSA) is 92.6 Å². The lowest BCUT2D eigenvalue weighted by Crippen LogP contribution is -2.51. The van der Waals surface area contributed by atoms with Crippen LogP contribution in [0.15, 0.2) is 6.07 Å². The Balaban J connectivity index is 2.17. The Hall–Kier alpha value is -2.18. The maximum absolute atomic E-state index is 11.4. The fourth-order valence-electron chi connectivity index (χ4n) is 1.72. The van der Waals surface area contributed by atoms with Gasteiger partial charge in [0.1, 0.15) is 5.82 Å². The molecule has 96 valence electrons. The molecule has 1 aromatic heterocycles. The SMILES string of the molecule is COC(=O)c1nc(C)cc(N2CC(C(=O)O)C2)n1. The number of anilines is 1. The molecule has 1 fully saturated rings. The molecule has 0 atom stereocenters. The second kappa shape index (κ2) is 4.59. The van der Waals surface area contributed by atoms with Crippen molar-refractivity contribution >= 4 is 17.8 Å². The zero-order chi connectivity index (χ0) is 13.3. The van der Waals surface area contributed by atoms with Crippen molar-refractivity contribution in [2.45, 2.75) is 6.92 Å². The minimum Gasteiger partial charge on any atom is -0.481 e. The Kier molecular flexibility index (Phi) is 3.14. The molecule has 18 heavy (non-hydrogen) atoms. The van der Waals surface area contributed by atoms with Gasteiger partial charge in [0.2, 0.25) is 5.82 Å². The number of rotatable bonds is 3. The molecule has 0 saturated carbocycles. The zero-order valence-corrected chi connectivity index (χ0v) is 10.1. The van der Waals surface area contributed by atoms with Gasteiger partial charge >= 0.3 is 11.9 Å². The first-order valence-electron chi connectivity index (χ1n) is 5.43. The van der Waals surface area contributed by atoms with Crippen LogP contribution in [0.25, 0.3) is 0 Å². The number of carbonyl (C=O) groups excluding carboxylic acids is 1. The smallest absolute Gasteiger partial charge is 0.376 e.